The van der Waals surface area contributed by atoms with E-state index in [9.17, 15) is 0 Å². The van der Waals surface area contributed by atoms with E-state index in [1.54, 1.807) is 0 Å². The normalized spacial score (nSPS) is 7.60. The van der Waals surface area contributed by atoms with Gasteiger partial charge in [-0.2, -0.15) is 0 Å². The van der Waals surface area contributed by atoms with Gasteiger partial charge < -0.3 is 0 Å². The lowest BCUT2D eigenvalue weighted by molar-refractivity contribution is 1.45. The van der Waals surface area contributed by atoms with E-state index < -0.39 is 0 Å². The summed E-state index contributed by atoms with van der Waals surface area (Å²) in [4.78, 5) is 0. The van der Waals surface area contributed by atoms with Gasteiger partial charge in [-0.05, 0) is 41.6 Å². The zero-order valence-corrected chi connectivity index (χ0v) is 7.87. The van der Waals surface area contributed by atoms with Gasteiger partial charge in [0.1, 0.15) is 0 Å². The first-order chi connectivity index (χ1) is 4.79. The lowest BCUT2D eigenvalue weighted by atomic mass is 10.2. The van der Waals surface area contributed by atoms with E-state index in [2.05, 4.69) is 60.4 Å². The molecule has 2 heteroatoms. The Morgan fingerprint density at radius 2 is 2.00 bits per heavy atom. The minimum atomic E-state index is 1.31. The van der Waals surface area contributed by atoms with Crippen LogP contribution in [0.4, 0.5) is 0 Å². The van der Waals surface area contributed by atoms with Crippen LogP contribution in [0.2, 0.25) is 0 Å². The van der Waals surface area contributed by atoms with Gasteiger partial charge in [-0.1, -0.05) is 17.7 Å². The van der Waals surface area contributed by atoms with Crippen molar-refractivity contribution in [3.63, 3.8) is 0 Å². The van der Waals surface area contributed by atoms with Crippen LogP contribution in [0.3, 0.4) is 0 Å². The summed E-state index contributed by atoms with van der Waals surface area (Å²) in [7, 11) is 0. The van der Waals surface area contributed by atoms with Crippen LogP contribution in [-0.4, -0.2) is 0 Å². The Labute approximate surface area is 74.8 Å². The number of nitriles is 1. The molecule has 0 amide bonds. The summed E-state index contributed by atoms with van der Waals surface area (Å²) >= 11 is 2.31. The maximum atomic E-state index is 6.50. The maximum absolute atomic E-state index is 6.50. The second kappa shape index (κ2) is 5.24. The van der Waals surface area contributed by atoms with Crippen LogP contribution in [0.25, 0.3) is 0 Å². The summed E-state index contributed by atoms with van der Waals surface area (Å²) in [6, 6.07) is 8.41. The van der Waals surface area contributed by atoms with Gasteiger partial charge in [-0.25, -0.2) is 5.26 Å². The van der Waals surface area contributed by atoms with Crippen LogP contribution in [0.1, 0.15) is 5.56 Å². The Hall–Kier alpha value is -0.560. The molecule has 0 unspecified atom stereocenters. The number of halogens is 1. The fourth-order valence-corrected chi connectivity index (χ4v) is 1.30. The molecule has 0 heterocycles. The quantitative estimate of drug-likeness (QED) is 0.644. The molecule has 0 N–H and O–H groups in total. The van der Waals surface area contributed by atoms with Gasteiger partial charge in [-0.15, -0.1) is 0 Å². The molecule has 0 fully saturated rings. The van der Waals surface area contributed by atoms with E-state index in [1.165, 1.54) is 9.13 Å². The zero-order chi connectivity index (χ0) is 7.98. The van der Waals surface area contributed by atoms with Crippen molar-refractivity contribution >= 4 is 22.6 Å². The lowest BCUT2D eigenvalue weighted by Gasteiger charge is -1.89. The predicted molar refractivity (Wildman–Crippen MR) is 50.6 cm³/mol. The van der Waals surface area contributed by atoms with Gasteiger partial charge in [0, 0.05) is 10.1 Å². The molecule has 0 atom stereocenters. The third kappa shape index (κ3) is 3.46. The standard InChI is InChI=1S/C7H7I.CHN/c1-6-3-2-4-7(8)5-6;1-2/h2-5H,1H3;1H. The Bertz CT molecular complexity index is 200. The summed E-state index contributed by atoms with van der Waals surface area (Å²) < 4.78 is 1.31. The summed E-state index contributed by atoms with van der Waals surface area (Å²) in [5.74, 6) is 0. The first-order valence-electron chi connectivity index (χ1n) is 2.77. The highest BCUT2D eigenvalue weighted by Gasteiger charge is 1.82. The first kappa shape index (κ1) is 9.44. The molecular weight excluding hydrogens is 237 g/mol. The Balaban J connectivity index is 0.000000371. The average Bonchev–Trinajstić information content (AvgIpc) is 1.91. The fraction of sp³-hybridized carbons (Fsp3) is 0.125. The topological polar surface area (TPSA) is 23.8 Å². The van der Waals surface area contributed by atoms with Gasteiger partial charge in [-0.3, -0.25) is 0 Å². The van der Waals surface area contributed by atoms with E-state index in [0.29, 0.717) is 0 Å². The van der Waals surface area contributed by atoms with Gasteiger partial charge in [0.15, 0.2) is 0 Å². The highest BCUT2D eigenvalue weighted by molar-refractivity contribution is 14.1. The van der Waals surface area contributed by atoms with Crippen LogP contribution in [0, 0.1) is 22.3 Å². The molecule has 1 aromatic carbocycles. The first-order valence-corrected chi connectivity index (χ1v) is 3.85. The third-order valence-corrected chi connectivity index (χ3v) is 1.65. The fourth-order valence-electron chi connectivity index (χ4n) is 0.606. The molecule has 0 aliphatic carbocycles. The molecule has 10 heavy (non-hydrogen) atoms. The van der Waals surface area contributed by atoms with Crippen molar-refractivity contribution in [2.24, 2.45) is 0 Å². The molecular formula is C8H8IN. The summed E-state index contributed by atoms with van der Waals surface area (Å²) in [6.07, 6.45) is 0. The SMILES string of the molecule is C#N.Cc1cccc(I)c1. The molecule has 1 nitrogen and oxygen atoms in total. The maximum Gasteiger partial charge on any atom is 0.0462 e. The number of hydrogen-bond donors (Lipinski definition) is 0. The predicted octanol–water partition coefficient (Wildman–Crippen LogP) is 2.74. The average molecular weight is 245 g/mol. The molecule has 0 aromatic heterocycles. The number of benzene rings is 1. The molecule has 0 saturated carbocycles. The van der Waals surface area contributed by atoms with Crippen LogP contribution >= 0.6 is 22.6 Å². The largest absolute Gasteiger partial charge is 0.202 e. The van der Waals surface area contributed by atoms with Crippen molar-refractivity contribution in [1.29, 1.82) is 5.26 Å². The van der Waals surface area contributed by atoms with Crippen molar-refractivity contribution in [2.45, 2.75) is 6.92 Å². The molecule has 0 aliphatic rings. The Kier molecular flexibility index (Phi) is 4.95. The van der Waals surface area contributed by atoms with E-state index in [-0.39, 0.29) is 0 Å². The molecule has 0 radical (unpaired) electrons. The molecule has 0 spiro atoms. The number of hydrogen-bond acceptors (Lipinski definition) is 1. The van der Waals surface area contributed by atoms with Crippen LogP contribution < -0.4 is 0 Å². The van der Waals surface area contributed by atoms with E-state index in [1.807, 2.05) is 0 Å². The summed E-state index contributed by atoms with van der Waals surface area (Å²) in [5.41, 5.74) is 1.33. The molecule has 0 aliphatic heterocycles. The smallest absolute Gasteiger partial charge is 0.0462 e. The Morgan fingerprint density at radius 3 is 2.30 bits per heavy atom. The lowest BCUT2D eigenvalue weighted by Crippen LogP contribution is -1.70. The Morgan fingerprint density at radius 1 is 1.40 bits per heavy atom. The van der Waals surface area contributed by atoms with E-state index >= 15 is 0 Å². The zero-order valence-electron chi connectivity index (χ0n) is 5.71. The van der Waals surface area contributed by atoms with Gasteiger partial charge in [0.2, 0.25) is 0 Å². The van der Waals surface area contributed by atoms with Crippen LogP contribution in [0.15, 0.2) is 24.3 Å². The van der Waals surface area contributed by atoms with Crippen molar-refractivity contribution in [3.05, 3.63) is 33.4 Å². The van der Waals surface area contributed by atoms with Gasteiger partial charge in [0.25, 0.3) is 0 Å². The van der Waals surface area contributed by atoms with Gasteiger partial charge in [0.05, 0.1) is 0 Å². The molecule has 1 rings (SSSR count). The highest BCUT2D eigenvalue weighted by Crippen LogP contribution is 2.05. The van der Waals surface area contributed by atoms with Crippen molar-refractivity contribution in [2.75, 3.05) is 0 Å². The third-order valence-electron chi connectivity index (χ3n) is 0.980. The number of rotatable bonds is 0. The summed E-state index contributed by atoms with van der Waals surface area (Å²) in [5, 5.41) is 6.50. The molecule has 1 aromatic rings. The molecule has 0 saturated heterocycles. The number of nitrogens with zero attached hydrogens (tertiary/aromatic N) is 1. The number of aryl methyl sites for hydroxylation is 1. The van der Waals surface area contributed by atoms with E-state index in [0.717, 1.165) is 0 Å². The highest BCUT2D eigenvalue weighted by atomic mass is 127. The minimum absolute atomic E-state index is 1.31. The van der Waals surface area contributed by atoms with Crippen molar-refractivity contribution in [3.8, 4) is 6.57 Å². The van der Waals surface area contributed by atoms with Crippen molar-refractivity contribution < 1.29 is 0 Å². The second-order valence-electron chi connectivity index (χ2n) is 1.80. The van der Waals surface area contributed by atoms with Crippen LogP contribution in [-0.2, 0) is 0 Å². The van der Waals surface area contributed by atoms with Crippen LogP contribution in [0.5, 0.6) is 0 Å². The molecule has 52 valence electrons. The second-order valence-corrected chi connectivity index (χ2v) is 3.04. The van der Waals surface area contributed by atoms with Gasteiger partial charge >= 0.3 is 0 Å². The van der Waals surface area contributed by atoms with Crippen molar-refractivity contribution in [1.82, 2.24) is 0 Å². The van der Waals surface area contributed by atoms with E-state index in [4.69, 9.17) is 5.26 Å². The monoisotopic (exact) mass is 245 g/mol. The summed E-state index contributed by atoms with van der Waals surface area (Å²) in [6.45, 7) is 5.60. The molecule has 0 bridgehead atoms. The minimum Gasteiger partial charge on any atom is -0.202 e.